The number of hydrogen-bond acceptors (Lipinski definition) is 4. The van der Waals surface area contributed by atoms with E-state index < -0.39 is 0 Å². The van der Waals surface area contributed by atoms with Crippen molar-refractivity contribution in [3.63, 3.8) is 0 Å². The van der Waals surface area contributed by atoms with E-state index in [-0.39, 0.29) is 11.8 Å². The third kappa shape index (κ3) is 2.32. The zero-order chi connectivity index (χ0) is 17.7. The van der Waals surface area contributed by atoms with Crippen molar-refractivity contribution in [3.05, 3.63) is 58.6 Å². The highest BCUT2D eigenvalue weighted by Gasteiger charge is 2.52. The molecule has 2 aliphatic heterocycles. The van der Waals surface area contributed by atoms with Crippen molar-refractivity contribution < 1.29 is 9.47 Å². The van der Waals surface area contributed by atoms with Crippen LogP contribution in [-0.4, -0.2) is 23.6 Å². The predicted molar refractivity (Wildman–Crippen MR) is 102 cm³/mol. The number of halogens is 1. The fourth-order valence-corrected chi connectivity index (χ4v) is 4.63. The Bertz CT molecular complexity index is 872. The second-order valence-electron chi connectivity index (χ2n) is 7.25. The van der Waals surface area contributed by atoms with Crippen LogP contribution in [-0.2, 0) is 0 Å². The lowest BCUT2D eigenvalue weighted by Gasteiger charge is -2.46. The van der Waals surface area contributed by atoms with Gasteiger partial charge in [-0.05, 0) is 36.6 Å². The van der Waals surface area contributed by atoms with E-state index in [1.54, 1.807) is 7.11 Å². The molecule has 1 unspecified atom stereocenters. The summed E-state index contributed by atoms with van der Waals surface area (Å²) in [6.45, 7) is 0. The molecule has 2 aromatic rings. The quantitative estimate of drug-likeness (QED) is 0.734. The summed E-state index contributed by atoms with van der Waals surface area (Å²) in [6.07, 6.45) is 5.20. The van der Waals surface area contributed by atoms with E-state index in [0.29, 0.717) is 0 Å². The highest BCUT2D eigenvalue weighted by atomic mass is 35.5. The third-order valence-corrected chi connectivity index (χ3v) is 6.02. The maximum absolute atomic E-state index is 6.59. The van der Waals surface area contributed by atoms with E-state index in [2.05, 4.69) is 11.1 Å². The fraction of sp³-hybridized carbons (Fsp3) is 0.381. The van der Waals surface area contributed by atoms with Crippen LogP contribution in [0.15, 0.2) is 47.6 Å². The molecule has 1 atom stereocenters. The topological polar surface area (TPSA) is 34.1 Å². The van der Waals surface area contributed by atoms with Gasteiger partial charge in [-0.2, -0.15) is 5.10 Å². The molecule has 5 heteroatoms. The van der Waals surface area contributed by atoms with Gasteiger partial charge in [-0.3, -0.25) is 0 Å². The standard InChI is InChI=1S/C21H21ClN2O2/c1-25-19-6-4-5-16-18-13-17(14-7-9-15(22)10-8-14)23-24(18)21(26-20(16)19)11-2-3-12-21/h4-10,18H,2-3,11-13H2,1H3. The maximum atomic E-state index is 6.59. The van der Waals surface area contributed by atoms with Gasteiger partial charge in [-0.25, -0.2) is 5.01 Å². The minimum Gasteiger partial charge on any atom is -0.493 e. The lowest BCUT2D eigenvalue weighted by molar-refractivity contribution is -0.115. The monoisotopic (exact) mass is 368 g/mol. The average Bonchev–Trinajstić information content (AvgIpc) is 3.31. The molecule has 1 aliphatic carbocycles. The summed E-state index contributed by atoms with van der Waals surface area (Å²) < 4.78 is 12.2. The Labute approximate surface area is 158 Å². The van der Waals surface area contributed by atoms with E-state index in [0.717, 1.165) is 52.6 Å². The van der Waals surface area contributed by atoms with Crippen molar-refractivity contribution in [1.29, 1.82) is 0 Å². The lowest BCUT2D eigenvalue weighted by Crippen LogP contribution is -2.51. The number of hydrogen-bond donors (Lipinski definition) is 0. The van der Waals surface area contributed by atoms with Crippen LogP contribution in [0.2, 0.25) is 5.02 Å². The molecular formula is C21H21ClN2O2. The number of para-hydroxylation sites is 1. The highest BCUT2D eigenvalue weighted by Crippen LogP contribution is 2.54. The van der Waals surface area contributed by atoms with Gasteiger partial charge in [-0.1, -0.05) is 35.9 Å². The molecule has 0 bridgehead atoms. The minimum atomic E-state index is -0.347. The van der Waals surface area contributed by atoms with Gasteiger partial charge >= 0.3 is 0 Å². The summed E-state index contributed by atoms with van der Waals surface area (Å²) in [6, 6.07) is 14.3. The molecule has 0 N–H and O–H groups in total. The summed E-state index contributed by atoms with van der Waals surface area (Å²) in [5.41, 5.74) is 3.04. The number of benzene rings is 2. The van der Waals surface area contributed by atoms with Crippen molar-refractivity contribution in [1.82, 2.24) is 5.01 Å². The highest BCUT2D eigenvalue weighted by molar-refractivity contribution is 6.30. The summed E-state index contributed by atoms with van der Waals surface area (Å²) in [4.78, 5) is 0. The fourth-order valence-electron chi connectivity index (χ4n) is 4.51. The number of hydrazone groups is 1. The molecule has 4 nitrogen and oxygen atoms in total. The molecule has 0 aromatic heterocycles. The summed E-state index contributed by atoms with van der Waals surface area (Å²) in [5, 5.41) is 8.01. The largest absolute Gasteiger partial charge is 0.493 e. The van der Waals surface area contributed by atoms with Gasteiger partial charge in [0.05, 0.1) is 18.9 Å². The van der Waals surface area contributed by atoms with Gasteiger partial charge in [0.25, 0.3) is 0 Å². The molecular weight excluding hydrogens is 348 g/mol. The van der Waals surface area contributed by atoms with Crippen molar-refractivity contribution in [2.45, 2.75) is 43.9 Å². The molecule has 134 valence electrons. The molecule has 1 saturated carbocycles. The van der Waals surface area contributed by atoms with Gasteiger partial charge in [0, 0.05) is 29.8 Å². The van der Waals surface area contributed by atoms with E-state index >= 15 is 0 Å². The second-order valence-corrected chi connectivity index (χ2v) is 7.69. The number of ether oxygens (including phenoxy) is 2. The Morgan fingerprint density at radius 2 is 1.92 bits per heavy atom. The van der Waals surface area contributed by atoms with Crippen molar-refractivity contribution >= 4 is 17.3 Å². The zero-order valence-electron chi connectivity index (χ0n) is 14.7. The molecule has 26 heavy (non-hydrogen) atoms. The Kier molecular flexibility index (Phi) is 3.64. The third-order valence-electron chi connectivity index (χ3n) is 5.77. The Morgan fingerprint density at radius 1 is 1.15 bits per heavy atom. The first-order valence-corrected chi connectivity index (χ1v) is 9.57. The summed E-state index contributed by atoms with van der Waals surface area (Å²) in [5.74, 6) is 1.71. The first-order valence-electron chi connectivity index (χ1n) is 9.19. The number of nitrogens with zero attached hydrogens (tertiary/aromatic N) is 2. The number of methoxy groups -OCH3 is 1. The van der Waals surface area contributed by atoms with Crippen molar-refractivity contribution in [3.8, 4) is 11.5 Å². The summed E-state index contributed by atoms with van der Waals surface area (Å²) >= 11 is 6.05. The molecule has 2 heterocycles. The van der Waals surface area contributed by atoms with Crippen LogP contribution >= 0.6 is 11.6 Å². The Balaban J connectivity index is 1.61. The van der Waals surface area contributed by atoms with Crippen molar-refractivity contribution in [2.24, 2.45) is 5.10 Å². The molecule has 1 fully saturated rings. The van der Waals surface area contributed by atoms with E-state index in [4.69, 9.17) is 26.2 Å². The first-order chi connectivity index (χ1) is 12.7. The Hall–Kier alpha value is -2.20. The number of fused-ring (bicyclic) bond motifs is 4. The molecule has 5 rings (SSSR count). The second kappa shape index (κ2) is 5.92. The minimum absolute atomic E-state index is 0.192. The van der Waals surface area contributed by atoms with Crippen LogP contribution in [0.25, 0.3) is 0 Å². The van der Waals surface area contributed by atoms with Crippen LogP contribution in [0.3, 0.4) is 0 Å². The first kappa shape index (κ1) is 16.0. The molecule has 1 spiro atoms. The number of rotatable bonds is 2. The van der Waals surface area contributed by atoms with Crippen LogP contribution in [0.4, 0.5) is 0 Å². The van der Waals surface area contributed by atoms with Gasteiger partial charge in [0.2, 0.25) is 0 Å². The van der Waals surface area contributed by atoms with Crippen LogP contribution < -0.4 is 9.47 Å². The maximum Gasteiger partial charge on any atom is 0.198 e. The normalized spacial score (nSPS) is 22.6. The Morgan fingerprint density at radius 3 is 2.65 bits per heavy atom. The summed E-state index contributed by atoms with van der Waals surface area (Å²) in [7, 11) is 1.71. The lowest BCUT2D eigenvalue weighted by atomic mass is 9.94. The van der Waals surface area contributed by atoms with E-state index in [1.807, 2.05) is 36.4 Å². The molecule has 3 aliphatic rings. The zero-order valence-corrected chi connectivity index (χ0v) is 15.5. The van der Waals surface area contributed by atoms with E-state index in [1.165, 1.54) is 12.8 Å². The van der Waals surface area contributed by atoms with Crippen molar-refractivity contribution in [2.75, 3.05) is 7.11 Å². The molecule has 2 aromatic carbocycles. The smallest absolute Gasteiger partial charge is 0.198 e. The predicted octanol–water partition coefficient (Wildman–Crippen LogP) is 5.16. The van der Waals surface area contributed by atoms with Gasteiger partial charge in [0.1, 0.15) is 0 Å². The SMILES string of the molecule is COc1cccc2c1OC1(CCCC1)N1N=C(c3ccc(Cl)cc3)CC21. The molecule has 0 saturated heterocycles. The van der Waals surface area contributed by atoms with Crippen LogP contribution in [0.1, 0.15) is 49.3 Å². The molecule has 0 amide bonds. The van der Waals surface area contributed by atoms with E-state index in [9.17, 15) is 0 Å². The van der Waals surface area contributed by atoms with Gasteiger partial charge < -0.3 is 9.47 Å². The van der Waals surface area contributed by atoms with Crippen LogP contribution in [0.5, 0.6) is 11.5 Å². The molecule has 0 radical (unpaired) electrons. The average molecular weight is 369 g/mol. The van der Waals surface area contributed by atoms with Gasteiger partial charge in [0.15, 0.2) is 17.2 Å². The van der Waals surface area contributed by atoms with Gasteiger partial charge in [-0.15, -0.1) is 0 Å². The van der Waals surface area contributed by atoms with Crippen LogP contribution in [0, 0.1) is 0 Å².